The van der Waals surface area contributed by atoms with Crippen LogP contribution in [-0.4, -0.2) is 13.2 Å². The van der Waals surface area contributed by atoms with E-state index in [2.05, 4.69) is 75.2 Å². The standard InChI is InChI=1S/C16H13.C4H10N.2CH3.Si.Ti/c1-12-10-14-8-5-9-15(16(14)11-12)13-6-3-2-4-7-13;1-4(2,3)5;;;;/h2-11H,1H3;5H,1-3H3;2*1H3;;/q4*-1;;. The van der Waals surface area contributed by atoms with Crippen LogP contribution in [0.1, 0.15) is 26.3 Å². The molecule has 0 aliphatic heterocycles. The monoisotopic (exact) mass is 383 g/mol. The molecule has 25 heavy (non-hydrogen) atoms. The van der Waals surface area contributed by atoms with Crippen LogP contribution in [-0.2, 0) is 19.2 Å². The van der Waals surface area contributed by atoms with Gasteiger partial charge in [0.05, 0.1) is 0 Å². The molecular weight excluding hydrogens is 354 g/mol. The first-order valence-corrected chi connectivity index (χ1v) is 10.4. The Bertz CT molecular complexity index is 721. The summed E-state index contributed by atoms with van der Waals surface area (Å²) < 4.78 is 0. The summed E-state index contributed by atoms with van der Waals surface area (Å²) in [5, 5.41) is 2.69. The summed E-state index contributed by atoms with van der Waals surface area (Å²) >= 11 is 1.81. The summed E-state index contributed by atoms with van der Waals surface area (Å²) in [6.45, 7) is 7.71. The summed E-state index contributed by atoms with van der Waals surface area (Å²) in [5.74, 6) is 0. The molecule has 0 unspecified atom stereocenters. The van der Waals surface area contributed by atoms with E-state index in [0.29, 0.717) is 0 Å². The second-order valence-electron chi connectivity index (χ2n) is 6.46. The van der Waals surface area contributed by atoms with E-state index in [4.69, 9.17) is 5.73 Å². The molecule has 3 aromatic carbocycles. The Balaban J connectivity index is 0. The van der Waals surface area contributed by atoms with Crippen LogP contribution in [0.5, 0.6) is 0 Å². The van der Waals surface area contributed by atoms with Crippen molar-refractivity contribution in [1.82, 2.24) is 0 Å². The summed E-state index contributed by atoms with van der Waals surface area (Å²) in [6.07, 6.45) is 0. The summed E-state index contributed by atoms with van der Waals surface area (Å²) in [7, 11) is 2.97. The van der Waals surface area contributed by atoms with Gasteiger partial charge >= 0.3 is 26.8 Å². The fourth-order valence-corrected chi connectivity index (χ4v) is 2.25. The third kappa shape index (κ3) is 9.27. The number of hydrogen-bond acceptors (Lipinski definition) is 0. The number of benzene rings is 2. The molecule has 0 aliphatic rings. The molecule has 1 nitrogen and oxygen atoms in total. The summed E-state index contributed by atoms with van der Waals surface area (Å²) in [6, 6.07) is 21.6. The van der Waals surface area contributed by atoms with Crippen LogP contribution in [0.3, 0.4) is 0 Å². The number of hydrogen-bond donors (Lipinski definition) is 0. The van der Waals surface area contributed by atoms with Gasteiger partial charge in [-0.3, -0.25) is 0 Å². The van der Waals surface area contributed by atoms with E-state index in [9.17, 15) is 0 Å². The van der Waals surface area contributed by atoms with Gasteiger partial charge in [0.15, 0.2) is 0 Å². The molecule has 0 amide bonds. The average molecular weight is 383 g/mol. The Labute approximate surface area is 168 Å². The predicted molar refractivity (Wildman–Crippen MR) is 112 cm³/mol. The Morgan fingerprint density at radius 1 is 0.920 bits per heavy atom. The zero-order valence-electron chi connectivity index (χ0n) is 16.3. The molecule has 0 aromatic heterocycles. The van der Waals surface area contributed by atoms with Gasteiger partial charge in [0, 0.05) is 0 Å². The molecule has 134 valence electrons. The van der Waals surface area contributed by atoms with Crippen molar-refractivity contribution in [2.45, 2.75) is 33.2 Å². The van der Waals surface area contributed by atoms with Crippen LogP contribution in [0.2, 0.25) is 0 Å². The molecule has 0 spiro atoms. The first-order chi connectivity index (χ1) is 10.8. The van der Waals surface area contributed by atoms with Gasteiger partial charge in [-0.1, -0.05) is 69.7 Å². The van der Waals surface area contributed by atoms with E-state index in [1.807, 2.05) is 20.8 Å². The second kappa shape index (κ2) is 12.3. The van der Waals surface area contributed by atoms with Crippen LogP contribution in [0.25, 0.3) is 27.6 Å². The molecule has 0 heterocycles. The van der Waals surface area contributed by atoms with E-state index in [1.54, 1.807) is 19.2 Å². The fraction of sp³-hybridized carbons (Fsp3) is 0.227. The van der Waals surface area contributed by atoms with Crippen molar-refractivity contribution in [2.75, 3.05) is 0 Å². The molecule has 0 atom stereocenters. The van der Waals surface area contributed by atoms with Gasteiger partial charge in [0.25, 0.3) is 0 Å². The molecular formula is C22H29NSiTi-4. The van der Waals surface area contributed by atoms with Crippen molar-refractivity contribution in [3.8, 4) is 11.1 Å². The third-order valence-electron chi connectivity index (χ3n) is 2.98. The maximum absolute atomic E-state index is 6.94. The van der Waals surface area contributed by atoms with Crippen LogP contribution >= 0.6 is 0 Å². The van der Waals surface area contributed by atoms with E-state index in [1.165, 1.54) is 27.5 Å². The Hall–Kier alpha value is -1.06. The number of fused-ring (bicyclic) bond motifs is 1. The zero-order valence-corrected chi connectivity index (χ0v) is 18.8. The molecule has 0 saturated heterocycles. The molecule has 3 rings (SSSR count). The Kier molecular flexibility index (Phi) is 12.9. The summed E-state index contributed by atoms with van der Waals surface area (Å²) in [5.41, 5.74) is 10.6. The van der Waals surface area contributed by atoms with Gasteiger partial charge in [-0.15, -0.1) is 40.1 Å². The van der Waals surface area contributed by atoms with Crippen LogP contribution < -0.4 is 0 Å². The quantitative estimate of drug-likeness (QED) is 0.323. The van der Waals surface area contributed by atoms with Crippen molar-refractivity contribution in [3.63, 3.8) is 0 Å². The number of aryl methyl sites for hydroxylation is 1. The normalized spacial score (nSPS) is 9.44. The fourth-order valence-electron chi connectivity index (χ4n) is 2.25. The summed E-state index contributed by atoms with van der Waals surface area (Å²) in [4.78, 5) is 0. The molecule has 1 N–H and O–H groups in total. The van der Waals surface area contributed by atoms with Crippen molar-refractivity contribution in [3.05, 3.63) is 86.8 Å². The average Bonchev–Trinajstić information content (AvgIpc) is 2.88. The molecule has 0 aliphatic carbocycles. The van der Waals surface area contributed by atoms with Gasteiger partial charge in [-0.25, -0.2) is 0 Å². The topological polar surface area (TPSA) is 23.8 Å². The van der Waals surface area contributed by atoms with Crippen LogP contribution in [0.15, 0.2) is 60.7 Å². The SMILES string of the molecule is CC(C)(C)[NH-].Cc1cc2c(-c3ccccc3)cccc2[cH-]1.[CH3-].[CH3-].[Si]=[Ti]. The molecule has 0 bridgehead atoms. The molecule has 2 radical (unpaired) electrons. The maximum atomic E-state index is 6.94. The van der Waals surface area contributed by atoms with Gasteiger partial charge < -0.3 is 20.6 Å². The van der Waals surface area contributed by atoms with Crippen molar-refractivity contribution in [2.24, 2.45) is 0 Å². The first kappa shape index (κ1) is 26.2. The van der Waals surface area contributed by atoms with Gasteiger partial charge in [0.2, 0.25) is 0 Å². The van der Waals surface area contributed by atoms with E-state index < -0.39 is 0 Å². The Morgan fingerprint density at radius 2 is 1.44 bits per heavy atom. The predicted octanol–water partition coefficient (Wildman–Crippen LogP) is 6.89. The first-order valence-electron chi connectivity index (χ1n) is 7.56. The van der Waals surface area contributed by atoms with E-state index in [-0.39, 0.29) is 20.4 Å². The molecule has 3 heteroatoms. The zero-order chi connectivity index (χ0) is 17.5. The van der Waals surface area contributed by atoms with Gasteiger partial charge in [-0.05, 0) is 5.56 Å². The van der Waals surface area contributed by atoms with Crippen molar-refractivity contribution in [1.29, 1.82) is 0 Å². The van der Waals surface area contributed by atoms with E-state index >= 15 is 0 Å². The molecule has 0 fully saturated rings. The van der Waals surface area contributed by atoms with Gasteiger partial charge in [0.1, 0.15) is 0 Å². The van der Waals surface area contributed by atoms with Crippen molar-refractivity contribution >= 4 is 18.4 Å². The Morgan fingerprint density at radius 3 is 1.96 bits per heavy atom. The number of rotatable bonds is 1. The van der Waals surface area contributed by atoms with Crippen molar-refractivity contribution < 1.29 is 19.2 Å². The molecule has 0 saturated carbocycles. The molecule has 3 aromatic rings. The minimum atomic E-state index is -0.250. The third-order valence-corrected chi connectivity index (χ3v) is 2.98. The number of nitrogens with one attached hydrogen (secondary N) is 1. The van der Waals surface area contributed by atoms with E-state index in [0.717, 1.165) is 0 Å². The van der Waals surface area contributed by atoms with Crippen LogP contribution in [0, 0.1) is 21.8 Å². The second-order valence-corrected chi connectivity index (χ2v) is 6.46. The van der Waals surface area contributed by atoms with Crippen LogP contribution in [0.4, 0.5) is 0 Å². The minimum absolute atomic E-state index is 0. The van der Waals surface area contributed by atoms with Gasteiger partial charge in [-0.2, -0.15) is 6.07 Å².